The van der Waals surface area contributed by atoms with Crippen LogP contribution in [0.1, 0.15) is 18.5 Å². The van der Waals surface area contributed by atoms with E-state index in [9.17, 15) is 4.79 Å². The highest BCUT2D eigenvalue weighted by atomic mass is 32.1. The van der Waals surface area contributed by atoms with Crippen LogP contribution in [0.25, 0.3) is 11.2 Å². The summed E-state index contributed by atoms with van der Waals surface area (Å²) in [5, 5.41) is 0. The molecular formula is C13H16N4OS. The van der Waals surface area contributed by atoms with E-state index in [-0.39, 0.29) is 12.5 Å². The van der Waals surface area contributed by atoms with E-state index in [0.717, 1.165) is 42.8 Å². The number of pyridine rings is 1. The van der Waals surface area contributed by atoms with Crippen molar-refractivity contribution in [2.24, 2.45) is 0 Å². The number of aromatic nitrogens is 3. The lowest BCUT2D eigenvalue weighted by atomic mass is 10.3. The van der Waals surface area contributed by atoms with Crippen molar-refractivity contribution in [3.8, 4) is 0 Å². The number of H-pyrrole nitrogens is 1. The quantitative estimate of drug-likeness (QED) is 0.854. The normalized spacial score (nSPS) is 15.3. The van der Waals surface area contributed by atoms with Crippen molar-refractivity contribution in [2.45, 2.75) is 26.3 Å². The molecule has 100 valence electrons. The van der Waals surface area contributed by atoms with Gasteiger partial charge >= 0.3 is 0 Å². The highest BCUT2D eigenvalue weighted by molar-refractivity contribution is 7.71. The van der Waals surface area contributed by atoms with Crippen LogP contribution in [-0.4, -0.2) is 38.4 Å². The summed E-state index contributed by atoms with van der Waals surface area (Å²) >= 11 is 5.29. The van der Waals surface area contributed by atoms with Gasteiger partial charge in [-0.3, -0.25) is 9.36 Å². The summed E-state index contributed by atoms with van der Waals surface area (Å²) in [5.74, 6) is 0.123. The number of fused-ring (bicyclic) bond motifs is 1. The topological polar surface area (TPSA) is 53.9 Å². The molecule has 3 rings (SSSR count). The molecule has 1 aliphatic heterocycles. The minimum Gasteiger partial charge on any atom is -0.341 e. The monoisotopic (exact) mass is 276 g/mol. The average molecular weight is 276 g/mol. The number of aromatic amines is 1. The largest absolute Gasteiger partial charge is 0.341 e. The molecule has 5 nitrogen and oxygen atoms in total. The molecule has 2 aromatic rings. The Balaban J connectivity index is 1.95. The third-order valence-electron chi connectivity index (χ3n) is 3.51. The number of likely N-dealkylation sites (tertiary alicyclic amines) is 1. The van der Waals surface area contributed by atoms with Crippen molar-refractivity contribution in [1.29, 1.82) is 0 Å². The Kier molecular flexibility index (Phi) is 3.10. The van der Waals surface area contributed by atoms with Crippen molar-refractivity contribution in [1.82, 2.24) is 19.4 Å². The highest BCUT2D eigenvalue weighted by Gasteiger charge is 2.19. The molecule has 2 aromatic heterocycles. The SMILES string of the molecule is Cc1ccc2[nH]c(=S)n(CC(=O)N3CCCC3)c2n1. The second-order valence-corrected chi connectivity index (χ2v) is 5.31. The summed E-state index contributed by atoms with van der Waals surface area (Å²) in [7, 11) is 0. The van der Waals surface area contributed by atoms with E-state index in [1.807, 2.05) is 24.0 Å². The van der Waals surface area contributed by atoms with Crippen LogP contribution < -0.4 is 0 Å². The Morgan fingerprint density at radius 2 is 2.16 bits per heavy atom. The fourth-order valence-electron chi connectivity index (χ4n) is 2.47. The number of hydrogen-bond donors (Lipinski definition) is 1. The van der Waals surface area contributed by atoms with Crippen LogP contribution in [0.3, 0.4) is 0 Å². The Bertz CT molecular complexity index is 681. The van der Waals surface area contributed by atoms with Crippen molar-refractivity contribution >= 4 is 29.3 Å². The summed E-state index contributed by atoms with van der Waals surface area (Å²) in [6.45, 7) is 3.93. The van der Waals surface area contributed by atoms with Crippen LogP contribution in [0.2, 0.25) is 0 Å². The number of rotatable bonds is 2. The zero-order valence-electron chi connectivity index (χ0n) is 10.8. The van der Waals surface area contributed by atoms with Crippen molar-refractivity contribution in [2.75, 3.05) is 13.1 Å². The molecular weight excluding hydrogens is 260 g/mol. The van der Waals surface area contributed by atoms with Gasteiger partial charge < -0.3 is 9.88 Å². The second kappa shape index (κ2) is 4.77. The fraction of sp³-hybridized carbons (Fsp3) is 0.462. The highest BCUT2D eigenvalue weighted by Crippen LogP contribution is 2.14. The van der Waals surface area contributed by atoms with Gasteiger partial charge in [0, 0.05) is 18.8 Å². The minimum atomic E-state index is 0.123. The molecule has 0 spiro atoms. The molecule has 0 aromatic carbocycles. The number of aryl methyl sites for hydroxylation is 1. The molecule has 3 heterocycles. The summed E-state index contributed by atoms with van der Waals surface area (Å²) in [5.41, 5.74) is 2.56. The van der Waals surface area contributed by atoms with Gasteiger partial charge in [0.1, 0.15) is 6.54 Å². The predicted octanol–water partition coefficient (Wildman–Crippen LogP) is 2.02. The zero-order valence-corrected chi connectivity index (χ0v) is 11.7. The Morgan fingerprint density at radius 3 is 2.89 bits per heavy atom. The number of nitrogens with zero attached hydrogens (tertiary/aromatic N) is 3. The van der Waals surface area contributed by atoms with E-state index in [4.69, 9.17) is 12.2 Å². The van der Waals surface area contributed by atoms with Gasteiger partial charge in [-0.1, -0.05) is 0 Å². The van der Waals surface area contributed by atoms with Gasteiger partial charge in [0.2, 0.25) is 5.91 Å². The second-order valence-electron chi connectivity index (χ2n) is 4.93. The lowest BCUT2D eigenvalue weighted by Gasteiger charge is -2.15. The first kappa shape index (κ1) is 12.3. The predicted molar refractivity (Wildman–Crippen MR) is 75.5 cm³/mol. The molecule has 6 heteroatoms. The van der Waals surface area contributed by atoms with E-state index in [1.54, 1.807) is 4.57 Å². The molecule has 1 amide bonds. The summed E-state index contributed by atoms with van der Waals surface area (Å²) in [6.07, 6.45) is 2.20. The van der Waals surface area contributed by atoms with Crippen molar-refractivity contribution in [3.63, 3.8) is 0 Å². The minimum absolute atomic E-state index is 0.123. The van der Waals surface area contributed by atoms with E-state index in [2.05, 4.69) is 9.97 Å². The molecule has 1 saturated heterocycles. The third-order valence-corrected chi connectivity index (χ3v) is 3.83. The van der Waals surface area contributed by atoms with E-state index in [1.165, 1.54) is 0 Å². The smallest absolute Gasteiger partial charge is 0.242 e. The Hall–Kier alpha value is -1.69. The van der Waals surface area contributed by atoms with Crippen LogP contribution in [0, 0.1) is 11.7 Å². The molecule has 0 bridgehead atoms. The van der Waals surface area contributed by atoms with E-state index in [0.29, 0.717) is 4.77 Å². The standard InChI is InChI=1S/C13H16N4OS/c1-9-4-5-10-12(14-9)17(13(19)15-10)8-11(18)16-6-2-3-7-16/h4-5H,2-3,6-8H2,1H3,(H,15,19). The number of hydrogen-bond acceptors (Lipinski definition) is 3. The number of imidazole rings is 1. The first-order valence-electron chi connectivity index (χ1n) is 6.49. The van der Waals surface area contributed by atoms with Crippen LogP contribution in [0.15, 0.2) is 12.1 Å². The van der Waals surface area contributed by atoms with Crippen molar-refractivity contribution < 1.29 is 4.79 Å². The summed E-state index contributed by atoms with van der Waals surface area (Å²) in [6, 6.07) is 3.88. The van der Waals surface area contributed by atoms with Crippen LogP contribution in [-0.2, 0) is 11.3 Å². The number of amides is 1. The molecule has 0 radical (unpaired) electrons. The fourth-order valence-corrected chi connectivity index (χ4v) is 2.73. The zero-order chi connectivity index (χ0) is 13.4. The third kappa shape index (κ3) is 2.28. The molecule has 1 fully saturated rings. The van der Waals surface area contributed by atoms with Gasteiger partial charge in [0.25, 0.3) is 0 Å². The lowest BCUT2D eigenvalue weighted by Crippen LogP contribution is -2.31. The van der Waals surface area contributed by atoms with Gasteiger partial charge in [-0.25, -0.2) is 4.98 Å². The van der Waals surface area contributed by atoms with Crippen LogP contribution in [0.4, 0.5) is 0 Å². The van der Waals surface area contributed by atoms with Crippen LogP contribution >= 0.6 is 12.2 Å². The van der Waals surface area contributed by atoms with Gasteiger partial charge in [0.05, 0.1) is 5.52 Å². The summed E-state index contributed by atoms with van der Waals surface area (Å²) < 4.78 is 2.35. The molecule has 19 heavy (non-hydrogen) atoms. The van der Waals surface area contributed by atoms with E-state index < -0.39 is 0 Å². The first-order chi connectivity index (χ1) is 9.15. The maximum absolute atomic E-state index is 12.2. The number of carbonyl (C=O) groups excluding carboxylic acids is 1. The molecule has 0 aliphatic carbocycles. The number of nitrogens with one attached hydrogen (secondary N) is 1. The molecule has 1 N–H and O–H groups in total. The average Bonchev–Trinajstić information content (AvgIpc) is 2.99. The molecule has 0 unspecified atom stereocenters. The molecule has 0 atom stereocenters. The van der Waals surface area contributed by atoms with Gasteiger partial charge in [-0.2, -0.15) is 0 Å². The van der Waals surface area contributed by atoms with Crippen molar-refractivity contribution in [3.05, 3.63) is 22.6 Å². The lowest BCUT2D eigenvalue weighted by molar-refractivity contribution is -0.130. The molecule has 1 aliphatic rings. The first-order valence-corrected chi connectivity index (χ1v) is 6.90. The van der Waals surface area contributed by atoms with Crippen LogP contribution in [0.5, 0.6) is 0 Å². The molecule has 0 saturated carbocycles. The van der Waals surface area contributed by atoms with Gasteiger partial charge in [-0.15, -0.1) is 0 Å². The van der Waals surface area contributed by atoms with E-state index >= 15 is 0 Å². The Labute approximate surface area is 116 Å². The van der Waals surface area contributed by atoms with Gasteiger partial charge in [-0.05, 0) is 44.1 Å². The summed E-state index contributed by atoms with van der Waals surface area (Å²) in [4.78, 5) is 21.7. The maximum atomic E-state index is 12.2. The Morgan fingerprint density at radius 1 is 1.42 bits per heavy atom. The van der Waals surface area contributed by atoms with Gasteiger partial charge in [0.15, 0.2) is 10.4 Å². The number of carbonyl (C=O) groups is 1. The maximum Gasteiger partial charge on any atom is 0.242 e.